The van der Waals surface area contributed by atoms with Gasteiger partial charge in [-0.25, -0.2) is 4.98 Å². The molecule has 3 heterocycles. The van der Waals surface area contributed by atoms with Crippen molar-refractivity contribution in [1.82, 2.24) is 30.4 Å². The number of fused-ring (bicyclic) bond motifs is 5. The largest absolute Gasteiger partial charge is 0.273 e. The highest BCUT2D eigenvalue weighted by Crippen LogP contribution is 2.43. The van der Waals surface area contributed by atoms with Crippen LogP contribution in [0, 0.1) is 17.3 Å². The molecule has 0 saturated carbocycles. The Kier molecular flexibility index (Phi) is 5.95. The van der Waals surface area contributed by atoms with E-state index < -0.39 is 0 Å². The zero-order valence-electron chi connectivity index (χ0n) is 18.5. The molecule has 1 aliphatic carbocycles. The summed E-state index contributed by atoms with van der Waals surface area (Å²) in [4.78, 5) is 30.7. The summed E-state index contributed by atoms with van der Waals surface area (Å²) in [5, 5.41) is 10.4. The predicted octanol–water partition coefficient (Wildman–Crippen LogP) is 3.39. The van der Waals surface area contributed by atoms with Gasteiger partial charge in [0.15, 0.2) is 10.8 Å². The first-order valence-corrected chi connectivity index (χ1v) is 12.3. The van der Waals surface area contributed by atoms with Gasteiger partial charge in [-0.1, -0.05) is 46.4 Å². The number of hydrogen-bond donors (Lipinski definition) is 2. The van der Waals surface area contributed by atoms with Crippen LogP contribution in [-0.2, 0) is 22.4 Å². The van der Waals surface area contributed by atoms with E-state index in [2.05, 4.69) is 46.8 Å². The van der Waals surface area contributed by atoms with E-state index >= 15 is 0 Å². The molecular formula is C21H28N6O2S2. The van der Waals surface area contributed by atoms with Gasteiger partial charge in [0.1, 0.15) is 11.2 Å². The molecule has 166 valence electrons. The number of rotatable bonds is 4. The summed E-state index contributed by atoms with van der Waals surface area (Å²) >= 11 is 3.04. The van der Waals surface area contributed by atoms with Crippen LogP contribution in [0.5, 0.6) is 0 Å². The van der Waals surface area contributed by atoms with Gasteiger partial charge >= 0.3 is 0 Å². The number of aryl methyl sites for hydroxylation is 1. The van der Waals surface area contributed by atoms with Crippen LogP contribution in [0.4, 0.5) is 0 Å². The molecule has 0 aliphatic heterocycles. The van der Waals surface area contributed by atoms with Gasteiger partial charge in [0.05, 0.1) is 11.1 Å². The fourth-order valence-electron chi connectivity index (χ4n) is 3.83. The number of carbonyl (C=O) groups is 2. The summed E-state index contributed by atoms with van der Waals surface area (Å²) in [6.07, 6.45) is 5.03. The van der Waals surface area contributed by atoms with Crippen molar-refractivity contribution in [2.75, 3.05) is 5.75 Å². The summed E-state index contributed by atoms with van der Waals surface area (Å²) in [6, 6.07) is 0. The molecule has 0 bridgehead atoms. The summed E-state index contributed by atoms with van der Waals surface area (Å²) in [5.41, 5.74) is 7.29. The Morgan fingerprint density at radius 1 is 1.29 bits per heavy atom. The molecule has 3 aromatic heterocycles. The second-order valence-corrected chi connectivity index (χ2v) is 11.4. The molecule has 1 aliphatic rings. The molecule has 3 aromatic rings. The minimum absolute atomic E-state index is 0.117. The second kappa shape index (κ2) is 8.38. The van der Waals surface area contributed by atoms with Crippen LogP contribution in [0.25, 0.3) is 15.9 Å². The zero-order chi connectivity index (χ0) is 22.3. The third-order valence-electron chi connectivity index (χ3n) is 5.83. The first-order chi connectivity index (χ1) is 14.6. The van der Waals surface area contributed by atoms with Gasteiger partial charge in [0.2, 0.25) is 11.8 Å². The molecule has 10 heteroatoms. The first kappa shape index (κ1) is 22.0. The van der Waals surface area contributed by atoms with E-state index in [1.54, 1.807) is 31.5 Å². The number of aromatic nitrogens is 4. The van der Waals surface area contributed by atoms with E-state index in [1.807, 2.05) is 4.40 Å². The Balaban J connectivity index is 1.53. The molecule has 2 amide bonds. The molecular weight excluding hydrogens is 432 g/mol. The van der Waals surface area contributed by atoms with E-state index in [9.17, 15) is 9.59 Å². The maximum atomic E-state index is 12.1. The Morgan fingerprint density at radius 3 is 2.77 bits per heavy atom. The van der Waals surface area contributed by atoms with Gasteiger partial charge in [0, 0.05) is 10.8 Å². The van der Waals surface area contributed by atoms with Crippen LogP contribution in [0.15, 0.2) is 11.5 Å². The fourth-order valence-corrected chi connectivity index (χ4v) is 5.80. The Hall–Kier alpha value is -2.20. The number of thioether (sulfide) groups is 1. The van der Waals surface area contributed by atoms with Crippen LogP contribution in [0.3, 0.4) is 0 Å². The van der Waals surface area contributed by atoms with Crippen molar-refractivity contribution < 1.29 is 9.59 Å². The average molecular weight is 461 g/mol. The molecule has 31 heavy (non-hydrogen) atoms. The lowest BCUT2D eigenvalue weighted by Crippen LogP contribution is -2.44. The molecule has 2 N–H and O–H groups in total. The SMILES string of the molecule is CC(C)C(=O)NNC(=O)CSc1nnc2c3c4c(sc3ncn12)C[C@H](C(C)(C)C)CC4. The number of thiophene rings is 1. The summed E-state index contributed by atoms with van der Waals surface area (Å²) < 4.78 is 1.86. The smallest absolute Gasteiger partial charge is 0.248 e. The molecule has 8 nitrogen and oxygen atoms in total. The third kappa shape index (κ3) is 4.41. The topological polar surface area (TPSA) is 101 Å². The van der Waals surface area contributed by atoms with Gasteiger partial charge in [-0.15, -0.1) is 21.5 Å². The van der Waals surface area contributed by atoms with E-state index in [-0.39, 0.29) is 23.5 Å². The van der Waals surface area contributed by atoms with Gasteiger partial charge in [-0.3, -0.25) is 24.8 Å². The van der Waals surface area contributed by atoms with E-state index in [1.165, 1.54) is 28.6 Å². The highest BCUT2D eigenvalue weighted by Gasteiger charge is 2.31. The Morgan fingerprint density at radius 2 is 2.06 bits per heavy atom. The lowest BCUT2D eigenvalue weighted by atomic mass is 9.72. The van der Waals surface area contributed by atoms with Gasteiger partial charge in [0.25, 0.3) is 0 Å². The van der Waals surface area contributed by atoms with Crippen molar-refractivity contribution in [2.45, 2.75) is 59.0 Å². The van der Waals surface area contributed by atoms with Gasteiger partial charge < -0.3 is 0 Å². The normalized spacial score (nSPS) is 16.6. The lowest BCUT2D eigenvalue weighted by Gasteiger charge is -2.33. The van der Waals surface area contributed by atoms with E-state index in [0.29, 0.717) is 16.5 Å². The molecule has 0 fully saturated rings. The molecule has 0 saturated heterocycles. The number of hydrogen-bond acceptors (Lipinski definition) is 7. The minimum Gasteiger partial charge on any atom is -0.273 e. The van der Waals surface area contributed by atoms with Crippen LogP contribution in [0.2, 0.25) is 0 Å². The molecule has 0 unspecified atom stereocenters. The predicted molar refractivity (Wildman–Crippen MR) is 123 cm³/mol. The maximum absolute atomic E-state index is 12.1. The van der Waals surface area contributed by atoms with Crippen LogP contribution < -0.4 is 10.9 Å². The van der Waals surface area contributed by atoms with Crippen molar-refractivity contribution in [3.8, 4) is 0 Å². The van der Waals surface area contributed by atoms with Gasteiger partial charge in [-0.2, -0.15) is 0 Å². The summed E-state index contributed by atoms with van der Waals surface area (Å²) in [6.45, 7) is 10.5. The highest BCUT2D eigenvalue weighted by molar-refractivity contribution is 7.99. The zero-order valence-corrected chi connectivity index (χ0v) is 20.1. The summed E-state index contributed by atoms with van der Waals surface area (Å²) in [5.74, 6) is 0.0613. The highest BCUT2D eigenvalue weighted by atomic mass is 32.2. The van der Waals surface area contributed by atoms with E-state index in [0.717, 1.165) is 28.7 Å². The lowest BCUT2D eigenvalue weighted by molar-refractivity contribution is -0.129. The number of nitrogens with one attached hydrogen (secondary N) is 2. The molecule has 4 rings (SSSR count). The van der Waals surface area contributed by atoms with Crippen molar-refractivity contribution in [2.24, 2.45) is 17.3 Å². The number of amides is 2. The van der Waals surface area contributed by atoms with Crippen molar-refractivity contribution in [3.05, 3.63) is 16.8 Å². The van der Waals surface area contributed by atoms with Crippen molar-refractivity contribution in [1.29, 1.82) is 0 Å². The van der Waals surface area contributed by atoms with Crippen LogP contribution in [0.1, 0.15) is 51.5 Å². The molecule has 0 radical (unpaired) electrons. The van der Waals surface area contributed by atoms with Crippen molar-refractivity contribution in [3.63, 3.8) is 0 Å². The third-order valence-corrected chi connectivity index (χ3v) is 7.94. The quantitative estimate of drug-likeness (QED) is 0.457. The number of hydrazine groups is 1. The van der Waals surface area contributed by atoms with Crippen molar-refractivity contribution >= 4 is 50.8 Å². The molecule has 1 atom stereocenters. The Bertz CT molecular complexity index is 1140. The Labute approximate surface area is 189 Å². The molecule has 0 aromatic carbocycles. The summed E-state index contributed by atoms with van der Waals surface area (Å²) in [7, 11) is 0. The minimum atomic E-state index is -0.300. The monoisotopic (exact) mass is 460 g/mol. The second-order valence-electron chi connectivity index (χ2n) is 9.39. The number of nitrogens with zero attached hydrogens (tertiary/aromatic N) is 4. The van der Waals surface area contributed by atoms with Crippen LogP contribution in [-0.4, -0.2) is 37.1 Å². The average Bonchev–Trinajstić information content (AvgIpc) is 3.29. The maximum Gasteiger partial charge on any atom is 0.248 e. The van der Waals surface area contributed by atoms with E-state index in [4.69, 9.17) is 0 Å². The molecule has 0 spiro atoms. The standard InChI is InChI=1S/C21H28N6O2S2/c1-11(2)18(29)25-23-15(28)9-30-20-26-24-17-16-13-7-6-12(21(3,4)5)8-14(13)31-19(16)22-10-27(17)20/h10-12H,6-9H2,1-5H3,(H,23,28)(H,25,29)/t12-/m1/s1. The van der Waals surface area contributed by atoms with Gasteiger partial charge in [-0.05, 0) is 36.2 Å². The fraction of sp³-hybridized carbons (Fsp3) is 0.571. The first-order valence-electron chi connectivity index (χ1n) is 10.5. The number of carbonyl (C=O) groups excluding carboxylic acids is 2. The van der Waals surface area contributed by atoms with Crippen LogP contribution >= 0.6 is 23.1 Å².